The van der Waals surface area contributed by atoms with E-state index in [1.165, 1.54) is 0 Å². The summed E-state index contributed by atoms with van der Waals surface area (Å²) in [4.78, 5) is 19.0. The number of halogens is 1. The first-order chi connectivity index (χ1) is 13.7. The molecule has 3 heterocycles. The largest absolute Gasteiger partial charge is 0.486 e. The zero-order valence-corrected chi connectivity index (χ0v) is 16.3. The maximum absolute atomic E-state index is 12.3. The number of hydrogen-bond acceptors (Lipinski definition) is 5. The van der Waals surface area contributed by atoms with Gasteiger partial charge in [-0.05, 0) is 49.1 Å². The fourth-order valence-electron chi connectivity index (χ4n) is 3.47. The summed E-state index contributed by atoms with van der Waals surface area (Å²) in [5.41, 5.74) is 1.71. The second kappa shape index (κ2) is 8.56. The van der Waals surface area contributed by atoms with Gasteiger partial charge in [0.05, 0.1) is 10.7 Å². The number of benzene rings is 1. The quantitative estimate of drug-likeness (QED) is 0.800. The molecule has 8 heteroatoms. The Morgan fingerprint density at radius 3 is 2.89 bits per heavy atom. The predicted octanol–water partition coefficient (Wildman–Crippen LogP) is 3.47. The van der Waals surface area contributed by atoms with Gasteiger partial charge < -0.3 is 25.0 Å². The van der Waals surface area contributed by atoms with Crippen molar-refractivity contribution in [2.75, 3.05) is 43.1 Å². The van der Waals surface area contributed by atoms with Gasteiger partial charge in [-0.2, -0.15) is 0 Å². The number of hydrogen-bond donors (Lipinski definition) is 2. The molecular weight excluding hydrogens is 380 g/mol. The lowest BCUT2D eigenvalue weighted by Gasteiger charge is -2.20. The molecule has 2 aliphatic rings. The maximum atomic E-state index is 12.3. The van der Waals surface area contributed by atoms with Gasteiger partial charge in [-0.15, -0.1) is 0 Å². The van der Waals surface area contributed by atoms with Crippen LogP contribution in [0, 0.1) is 0 Å². The Bertz CT molecular complexity index is 855. The van der Waals surface area contributed by atoms with E-state index in [0.29, 0.717) is 42.7 Å². The van der Waals surface area contributed by atoms with Crippen molar-refractivity contribution in [3.8, 4) is 11.5 Å². The van der Waals surface area contributed by atoms with E-state index >= 15 is 0 Å². The monoisotopic (exact) mass is 402 g/mol. The molecule has 0 aliphatic carbocycles. The number of carbonyl (C=O) groups is 1. The zero-order valence-electron chi connectivity index (χ0n) is 15.5. The highest BCUT2D eigenvalue weighted by molar-refractivity contribution is 6.32. The van der Waals surface area contributed by atoms with Crippen LogP contribution < -0.4 is 25.0 Å². The molecule has 1 aromatic heterocycles. The van der Waals surface area contributed by atoms with Gasteiger partial charge in [0.15, 0.2) is 17.3 Å². The number of urea groups is 1. The number of nitrogens with one attached hydrogen (secondary N) is 2. The topological polar surface area (TPSA) is 75.7 Å². The fraction of sp³-hybridized carbons (Fsp3) is 0.400. The molecule has 0 radical (unpaired) electrons. The number of carbonyl (C=O) groups excluding carboxylic acids is 1. The van der Waals surface area contributed by atoms with Crippen molar-refractivity contribution in [2.45, 2.75) is 19.3 Å². The van der Waals surface area contributed by atoms with E-state index in [9.17, 15) is 4.79 Å². The third-order valence-corrected chi connectivity index (χ3v) is 5.08. The molecule has 148 valence electrons. The van der Waals surface area contributed by atoms with Crippen LogP contribution in [0.3, 0.4) is 0 Å². The van der Waals surface area contributed by atoms with Crippen LogP contribution in [0.25, 0.3) is 0 Å². The van der Waals surface area contributed by atoms with Gasteiger partial charge in [0, 0.05) is 25.8 Å². The van der Waals surface area contributed by atoms with Gasteiger partial charge >= 0.3 is 6.03 Å². The minimum atomic E-state index is -0.253. The Morgan fingerprint density at radius 2 is 2.04 bits per heavy atom. The molecule has 0 atom stereocenters. The smallest absolute Gasteiger partial charge is 0.319 e. The van der Waals surface area contributed by atoms with Crippen molar-refractivity contribution in [3.05, 3.63) is 41.0 Å². The number of pyridine rings is 1. The van der Waals surface area contributed by atoms with Gasteiger partial charge in [0.2, 0.25) is 0 Å². The summed E-state index contributed by atoms with van der Waals surface area (Å²) in [5.74, 6) is 2.07. The summed E-state index contributed by atoms with van der Waals surface area (Å²) in [6.07, 6.45) is 4.69. The second-order valence-electron chi connectivity index (χ2n) is 6.80. The molecule has 7 nitrogen and oxygen atoms in total. The summed E-state index contributed by atoms with van der Waals surface area (Å²) in [6, 6.07) is 7.21. The van der Waals surface area contributed by atoms with Crippen LogP contribution in [0.2, 0.25) is 5.02 Å². The number of ether oxygens (including phenoxy) is 2. The van der Waals surface area contributed by atoms with Crippen molar-refractivity contribution >= 4 is 29.1 Å². The molecule has 28 heavy (non-hydrogen) atoms. The Kier molecular flexibility index (Phi) is 5.71. The highest BCUT2D eigenvalue weighted by atomic mass is 35.5. The second-order valence-corrected chi connectivity index (χ2v) is 7.21. The number of nitrogens with zero attached hydrogens (tertiary/aromatic N) is 2. The van der Waals surface area contributed by atoms with Crippen molar-refractivity contribution in [3.63, 3.8) is 0 Å². The van der Waals surface area contributed by atoms with E-state index in [2.05, 4.69) is 20.5 Å². The highest BCUT2D eigenvalue weighted by Crippen LogP contribution is 2.38. The number of rotatable bonds is 5. The molecule has 1 fully saturated rings. The van der Waals surface area contributed by atoms with Crippen molar-refractivity contribution in [2.24, 2.45) is 0 Å². The Morgan fingerprint density at radius 1 is 1.21 bits per heavy atom. The lowest BCUT2D eigenvalue weighted by molar-refractivity contribution is 0.171. The Balaban J connectivity index is 1.33. The van der Waals surface area contributed by atoms with Gasteiger partial charge in [-0.1, -0.05) is 11.6 Å². The summed E-state index contributed by atoms with van der Waals surface area (Å²) in [5, 5.41) is 6.33. The van der Waals surface area contributed by atoms with Crippen molar-refractivity contribution in [1.82, 2.24) is 10.3 Å². The number of anilines is 2. The molecule has 2 N–H and O–H groups in total. The molecule has 2 amide bonds. The normalized spacial score (nSPS) is 15.4. The summed E-state index contributed by atoms with van der Waals surface area (Å²) >= 11 is 6.26. The van der Waals surface area contributed by atoms with E-state index in [1.54, 1.807) is 6.20 Å². The third-order valence-electron chi connectivity index (χ3n) is 4.80. The van der Waals surface area contributed by atoms with Crippen LogP contribution in [0.15, 0.2) is 30.5 Å². The van der Waals surface area contributed by atoms with Gasteiger partial charge in [0.1, 0.15) is 13.2 Å². The molecule has 1 saturated heterocycles. The fourth-order valence-corrected chi connectivity index (χ4v) is 3.76. The average molecular weight is 403 g/mol. The van der Waals surface area contributed by atoms with Crippen molar-refractivity contribution in [1.29, 1.82) is 0 Å². The van der Waals surface area contributed by atoms with E-state index < -0.39 is 0 Å². The summed E-state index contributed by atoms with van der Waals surface area (Å²) < 4.78 is 11.1. The number of aromatic nitrogens is 1. The standard InChI is InChI=1S/C20H23ClN4O3/c21-15-12-14(13-17-18(15)28-11-10-27-17)5-7-23-20(26)24-16-4-3-6-22-19(16)25-8-1-2-9-25/h3-4,6,12-13H,1-2,5,7-11H2,(H2,23,24,26). The first kappa shape index (κ1) is 18.7. The van der Waals surface area contributed by atoms with Gasteiger partial charge in [-0.3, -0.25) is 0 Å². The molecular formula is C20H23ClN4O3. The number of fused-ring (bicyclic) bond motifs is 1. The van der Waals surface area contributed by atoms with E-state index in [0.717, 1.165) is 43.0 Å². The third kappa shape index (κ3) is 4.25. The molecule has 0 bridgehead atoms. The number of amides is 2. The van der Waals surface area contributed by atoms with Crippen LogP contribution >= 0.6 is 11.6 Å². The van der Waals surface area contributed by atoms with Crippen LogP contribution in [0.4, 0.5) is 16.3 Å². The summed E-state index contributed by atoms with van der Waals surface area (Å²) in [7, 11) is 0. The van der Waals surface area contributed by atoms with E-state index in [1.807, 2.05) is 24.3 Å². The minimum absolute atomic E-state index is 0.253. The zero-order chi connectivity index (χ0) is 19.3. The van der Waals surface area contributed by atoms with Crippen LogP contribution in [0.1, 0.15) is 18.4 Å². The molecule has 2 aromatic rings. The Labute approximate surface area is 169 Å². The lowest BCUT2D eigenvalue weighted by Crippen LogP contribution is -2.31. The average Bonchev–Trinajstić information content (AvgIpc) is 3.23. The molecule has 4 rings (SSSR count). The van der Waals surface area contributed by atoms with Crippen LogP contribution in [0.5, 0.6) is 11.5 Å². The molecule has 0 saturated carbocycles. The highest BCUT2D eigenvalue weighted by Gasteiger charge is 2.18. The van der Waals surface area contributed by atoms with E-state index in [-0.39, 0.29) is 6.03 Å². The molecule has 1 aromatic carbocycles. The van der Waals surface area contributed by atoms with Gasteiger partial charge in [-0.25, -0.2) is 9.78 Å². The lowest BCUT2D eigenvalue weighted by atomic mass is 10.1. The van der Waals surface area contributed by atoms with Crippen LogP contribution in [-0.4, -0.2) is 43.9 Å². The van der Waals surface area contributed by atoms with Crippen LogP contribution in [-0.2, 0) is 6.42 Å². The van der Waals surface area contributed by atoms with Gasteiger partial charge in [0.25, 0.3) is 0 Å². The first-order valence-corrected chi connectivity index (χ1v) is 9.91. The summed E-state index contributed by atoms with van der Waals surface area (Å²) in [6.45, 7) is 3.43. The molecule has 0 unspecified atom stereocenters. The molecule has 0 spiro atoms. The van der Waals surface area contributed by atoms with Crippen molar-refractivity contribution < 1.29 is 14.3 Å². The molecule has 2 aliphatic heterocycles. The predicted molar refractivity (Wildman–Crippen MR) is 109 cm³/mol. The maximum Gasteiger partial charge on any atom is 0.319 e. The minimum Gasteiger partial charge on any atom is -0.486 e. The van der Waals surface area contributed by atoms with E-state index in [4.69, 9.17) is 21.1 Å². The Hall–Kier alpha value is -2.67. The SMILES string of the molecule is O=C(NCCc1cc(Cl)c2c(c1)OCCO2)Nc1cccnc1N1CCCC1. The first-order valence-electron chi connectivity index (χ1n) is 9.53.